The second-order valence-corrected chi connectivity index (χ2v) is 20.3. The van der Waals surface area contributed by atoms with E-state index in [2.05, 4.69) is 90.4 Å². The normalized spacial score (nSPS) is 15.6. The molecule has 0 aliphatic heterocycles. The third-order valence-electron chi connectivity index (χ3n) is 5.85. The zero-order valence-electron chi connectivity index (χ0n) is 18.2. The fraction of sp³-hybridized carbons (Fsp3) is 0.800. The average Bonchev–Trinajstić information content (AvgIpc) is 2.49. The molecule has 2 atom stereocenters. The number of hydrogen-bond acceptors (Lipinski definition) is 2. The number of rotatable bonds is 12. The van der Waals surface area contributed by atoms with Gasteiger partial charge in [-0.05, 0) is 62.4 Å². The van der Waals surface area contributed by atoms with Gasteiger partial charge in [-0.1, -0.05) is 66.3 Å². The topological polar surface area (TPSA) is 18.5 Å². The predicted molar refractivity (Wildman–Crippen MR) is 132 cm³/mol. The molecule has 154 valence electrons. The Hall–Kier alpha value is 0.854. The highest BCUT2D eigenvalue weighted by atomic mass is 127. The minimum Gasteiger partial charge on any atom is -0.411 e. The monoisotopic (exact) mass is 530 g/mol. The van der Waals surface area contributed by atoms with Crippen LogP contribution in [0.5, 0.6) is 0 Å². The molecule has 0 heterocycles. The van der Waals surface area contributed by atoms with Crippen LogP contribution < -0.4 is 0 Å². The van der Waals surface area contributed by atoms with Crippen molar-refractivity contribution in [2.24, 2.45) is 0 Å². The molecule has 0 rings (SSSR count). The van der Waals surface area contributed by atoms with Crippen LogP contribution in [0.3, 0.4) is 0 Å². The molecular weight excluding hydrogens is 491 g/mol. The molecule has 0 saturated carbocycles. The van der Waals surface area contributed by atoms with Crippen molar-refractivity contribution in [2.75, 3.05) is 0 Å². The van der Waals surface area contributed by atoms with Crippen molar-refractivity contribution in [1.29, 1.82) is 0 Å². The summed E-state index contributed by atoms with van der Waals surface area (Å²) in [6, 6.07) is 3.34. The molecule has 6 heteroatoms. The predicted octanol–water partition coefficient (Wildman–Crippen LogP) is 8.25. The van der Waals surface area contributed by atoms with Crippen LogP contribution in [-0.2, 0) is 8.85 Å². The Balaban J connectivity index is 5.81. The smallest absolute Gasteiger partial charge is 0.192 e. The van der Waals surface area contributed by atoms with E-state index in [0.29, 0.717) is 11.5 Å². The highest BCUT2D eigenvalue weighted by Gasteiger charge is 2.42. The molecule has 0 amide bonds. The first-order chi connectivity index (χ1) is 11.7. The average molecular weight is 531 g/mol. The molecular formula is C20H40ClIO2Si2. The van der Waals surface area contributed by atoms with Crippen LogP contribution in [0.1, 0.15) is 54.4 Å². The molecule has 1 unspecified atom stereocenters. The van der Waals surface area contributed by atoms with Gasteiger partial charge in [0.1, 0.15) is 0 Å². The van der Waals surface area contributed by atoms with E-state index in [1.807, 2.05) is 0 Å². The molecule has 0 aliphatic carbocycles. The van der Waals surface area contributed by atoms with E-state index in [0.717, 1.165) is 28.1 Å². The van der Waals surface area contributed by atoms with Gasteiger partial charge >= 0.3 is 0 Å². The van der Waals surface area contributed by atoms with Crippen molar-refractivity contribution >= 4 is 50.8 Å². The van der Waals surface area contributed by atoms with E-state index in [1.54, 1.807) is 0 Å². The van der Waals surface area contributed by atoms with Gasteiger partial charge < -0.3 is 8.85 Å². The van der Waals surface area contributed by atoms with Gasteiger partial charge in [0.2, 0.25) is 0 Å². The largest absolute Gasteiger partial charge is 0.411 e. The summed E-state index contributed by atoms with van der Waals surface area (Å²) in [5.41, 5.74) is 0. The van der Waals surface area contributed by atoms with Gasteiger partial charge in [0.25, 0.3) is 0 Å². The molecule has 0 N–H and O–H groups in total. The molecule has 0 saturated heterocycles. The second kappa shape index (κ2) is 11.1. The lowest BCUT2D eigenvalue weighted by Gasteiger charge is -2.43. The van der Waals surface area contributed by atoms with Crippen molar-refractivity contribution < 1.29 is 8.85 Å². The third-order valence-corrected chi connectivity index (χ3v) is 15.6. The molecule has 2 nitrogen and oxygen atoms in total. The van der Waals surface area contributed by atoms with Gasteiger partial charge in [-0.2, -0.15) is 0 Å². The van der Waals surface area contributed by atoms with E-state index in [4.69, 9.17) is 20.5 Å². The fourth-order valence-corrected chi connectivity index (χ4v) is 7.62. The summed E-state index contributed by atoms with van der Waals surface area (Å²) in [6.07, 6.45) is 1.36. The Kier molecular flexibility index (Phi) is 11.5. The highest BCUT2D eigenvalue weighted by Crippen LogP contribution is 2.40. The van der Waals surface area contributed by atoms with Crippen LogP contribution in [0, 0.1) is 0 Å². The molecule has 0 bridgehead atoms. The van der Waals surface area contributed by atoms with E-state index in [-0.39, 0.29) is 17.2 Å². The lowest BCUT2D eigenvalue weighted by molar-refractivity contribution is 0.0398. The third kappa shape index (κ3) is 8.47. The first kappa shape index (κ1) is 26.9. The Morgan fingerprint density at radius 3 is 1.69 bits per heavy atom. The summed E-state index contributed by atoms with van der Waals surface area (Å²) in [5, 5.41) is 0.791. The summed E-state index contributed by atoms with van der Waals surface area (Å²) >= 11 is 8.55. The Labute approximate surface area is 183 Å². The minimum atomic E-state index is -1.94. The van der Waals surface area contributed by atoms with Crippen molar-refractivity contribution in [3.63, 3.8) is 0 Å². The molecule has 0 aliphatic rings. The second-order valence-electron chi connectivity index (χ2n) is 8.76. The van der Waals surface area contributed by atoms with Gasteiger partial charge in [0.05, 0.1) is 12.2 Å². The van der Waals surface area contributed by atoms with E-state index < -0.39 is 16.6 Å². The summed E-state index contributed by atoms with van der Waals surface area (Å²) in [7, 11) is -3.72. The van der Waals surface area contributed by atoms with Crippen LogP contribution in [0.15, 0.2) is 21.8 Å². The van der Waals surface area contributed by atoms with Gasteiger partial charge in [0, 0.05) is 17.9 Å². The highest BCUT2D eigenvalue weighted by molar-refractivity contribution is 14.1. The quantitative estimate of drug-likeness (QED) is 0.187. The van der Waals surface area contributed by atoms with E-state index >= 15 is 0 Å². The zero-order valence-corrected chi connectivity index (χ0v) is 23.1. The maximum Gasteiger partial charge on any atom is 0.192 e. The lowest BCUT2D eigenvalue weighted by Crippen LogP contribution is -2.50. The Morgan fingerprint density at radius 1 is 0.962 bits per heavy atom. The lowest BCUT2D eigenvalue weighted by atomic mass is 10.1. The molecule has 26 heavy (non-hydrogen) atoms. The van der Waals surface area contributed by atoms with Crippen molar-refractivity contribution in [1.82, 2.24) is 0 Å². The van der Waals surface area contributed by atoms with Gasteiger partial charge in [-0.15, -0.1) is 0 Å². The summed E-state index contributed by atoms with van der Waals surface area (Å²) in [5.74, 6) is 0. The van der Waals surface area contributed by atoms with Crippen molar-refractivity contribution in [3.8, 4) is 0 Å². The first-order valence-electron chi connectivity index (χ1n) is 9.75. The van der Waals surface area contributed by atoms with Gasteiger partial charge in [-0.25, -0.2) is 0 Å². The van der Waals surface area contributed by atoms with Crippen LogP contribution >= 0.6 is 34.2 Å². The first-order valence-corrected chi connectivity index (χ1v) is 16.6. The molecule has 0 aromatic heterocycles. The van der Waals surface area contributed by atoms with Crippen molar-refractivity contribution in [2.45, 2.75) is 103 Å². The Morgan fingerprint density at radius 2 is 1.38 bits per heavy atom. The van der Waals surface area contributed by atoms with Gasteiger partial charge in [0.15, 0.2) is 16.6 Å². The van der Waals surface area contributed by atoms with E-state index in [1.165, 1.54) is 0 Å². The summed E-state index contributed by atoms with van der Waals surface area (Å²) in [6.45, 7) is 26.3. The van der Waals surface area contributed by atoms with E-state index in [9.17, 15) is 0 Å². The molecule has 0 spiro atoms. The molecule has 0 aromatic carbocycles. The molecule has 0 aromatic rings. The number of halogens is 2. The minimum absolute atomic E-state index is 0.0210. The standard InChI is InChI=1S/C20H40ClIO2Si2/c1-11-26(12-2,13-3)24-18(14-16(4)21)19(15-17(5)22)23-25(9,10)20(6,7)8/h18-19H,4-5,11-15H2,1-3,6-10H3/t18?,19-/m0/s1. The van der Waals surface area contributed by atoms with Crippen LogP contribution in [0.4, 0.5) is 0 Å². The maximum atomic E-state index is 6.86. The molecule has 0 radical (unpaired) electrons. The fourth-order valence-electron chi connectivity index (χ4n) is 2.81. The SMILES string of the molecule is C=C(Cl)CC(O[Si](CC)(CC)CC)[C@H](CC(=C)I)O[Si](C)(C)C(C)(C)C. The van der Waals surface area contributed by atoms with Crippen molar-refractivity contribution in [3.05, 3.63) is 21.8 Å². The summed E-state index contributed by atoms with van der Waals surface area (Å²) < 4.78 is 14.8. The number of hydrogen-bond donors (Lipinski definition) is 0. The van der Waals surface area contributed by atoms with Crippen LogP contribution in [-0.4, -0.2) is 28.8 Å². The molecule has 0 fully saturated rings. The summed E-state index contributed by atoms with van der Waals surface area (Å²) in [4.78, 5) is 0. The maximum absolute atomic E-state index is 6.86. The van der Waals surface area contributed by atoms with Crippen LogP contribution in [0.2, 0.25) is 36.3 Å². The Bertz CT molecular complexity index is 441. The van der Waals surface area contributed by atoms with Gasteiger partial charge in [-0.3, -0.25) is 0 Å². The van der Waals surface area contributed by atoms with Crippen LogP contribution in [0.25, 0.3) is 0 Å². The zero-order chi connectivity index (χ0) is 20.8.